The van der Waals surface area contributed by atoms with E-state index < -0.39 is 5.97 Å². The fourth-order valence-electron chi connectivity index (χ4n) is 3.72. The summed E-state index contributed by atoms with van der Waals surface area (Å²) in [5, 5.41) is 9.78. The predicted molar refractivity (Wildman–Crippen MR) is 122 cm³/mol. The van der Waals surface area contributed by atoms with Gasteiger partial charge in [0, 0.05) is 34.7 Å². The van der Waals surface area contributed by atoms with Gasteiger partial charge in [-0.2, -0.15) is 0 Å². The first-order chi connectivity index (χ1) is 14.9. The topological polar surface area (TPSA) is 77.9 Å². The molecule has 0 aliphatic carbocycles. The number of carboxylic acid groups (broad SMARTS) is 1. The molecule has 0 atom stereocenters. The van der Waals surface area contributed by atoms with Crippen LogP contribution in [0.25, 0.3) is 6.08 Å². The number of carbonyl (C=O) groups is 1. The minimum atomic E-state index is -0.917. The highest BCUT2D eigenvalue weighted by Crippen LogP contribution is 2.44. The highest BCUT2D eigenvalue weighted by Gasteiger charge is 2.22. The predicted octanol–water partition coefficient (Wildman–Crippen LogP) is 5.39. The molecule has 0 amide bonds. The van der Waals surface area contributed by atoms with Crippen LogP contribution >= 0.6 is 0 Å². The van der Waals surface area contributed by atoms with Gasteiger partial charge in [-0.05, 0) is 64.2 Å². The van der Waals surface area contributed by atoms with Crippen molar-refractivity contribution in [2.24, 2.45) is 0 Å². The molecule has 1 aromatic heterocycles. The summed E-state index contributed by atoms with van der Waals surface area (Å²) < 4.78 is 17.0. The van der Waals surface area contributed by atoms with Crippen LogP contribution in [0.5, 0.6) is 17.2 Å². The molecule has 0 saturated carbocycles. The van der Waals surface area contributed by atoms with E-state index in [0.717, 1.165) is 36.8 Å². The zero-order valence-corrected chi connectivity index (χ0v) is 19.2. The second-order valence-electron chi connectivity index (χ2n) is 7.39. The number of hydrogen-bond donors (Lipinski definition) is 1. The Bertz CT molecular complexity index is 906. The number of aromatic nitrogens is 1. The van der Waals surface area contributed by atoms with E-state index in [1.165, 1.54) is 5.56 Å². The molecule has 1 aromatic carbocycles. The van der Waals surface area contributed by atoms with E-state index in [9.17, 15) is 9.90 Å². The van der Waals surface area contributed by atoms with Crippen LogP contribution in [0.3, 0.4) is 0 Å². The van der Waals surface area contributed by atoms with Crippen LogP contribution in [-0.4, -0.2) is 36.9 Å². The minimum absolute atomic E-state index is 0.355. The summed E-state index contributed by atoms with van der Waals surface area (Å²) in [7, 11) is 3.17. The molecule has 168 valence electrons. The third-order valence-electron chi connectivity index (χ3n) is 5.30. The summed E-state index contributed by atoms with van der Waals surface area (Å²) in [4.78, 5) is 16.1. The lowest BCUT2D eigenvalue weighted by atomic mass is 9.96. The summed E-state index contributed by atoms with van der Waals surface area (Å²) in [5.74, 6) is 0.924. The van der Waals surface area contributed by atoms with Crippen molar-refractivity contribution in [2.45, 2.75) is 52.9 Å². The van der Waals surface area contributed by atoms with Crippen LogP contribution in [0, 0.1) is 13.8 Å². The van der Waals surface area contributed by atoms with Gasteiger partial charge in [-0.15, -0.1) is 0 Å². The number of aryl methyl sites for hydroxylation is 1. The van der Waals surface area contributed by atoms with E-state index in [-0.39, 0.29) is 0 Å². The molecule has 0 bridgehead atoms. The van der Waals surface area contributed by atoms with Crippen LogP contribution in [0.15, 0.2) is 30.1 Å². The average molecular weight is 428 g/mol. The zero-order chi connectivity index (χ0) is 22.8. The highest BCUT2D eigenvalue weighted by atomic mass is 16.5. The van der Waals surface area contributed by atoms with Gasteiger partial charge in [0.25, 0.3) is 0 Å². The summed E-state index contributed by atoms with van der Waals surface area (Å²) >= 11 is 0. The van der Waals surface area contributed by atoms with Crippen LogP contribution in [0.4, 0.5) is 0 Å². The molecule has 31 heavy (non-hydrogen) atoms. The maximum Gasteiger partial charge on any atom is 0.331 e. The largest absolute Gasteiger partial charge is 0.496 e. The van der Waals surface area contributed by atoms with Crippen molar-refractivity contribution >= 4 is 12.0 Å². The van der Waals surface area contributed by atoms with Crippen molar-refractivity contribution in [1.29, 1.82) is 0 Å². The summed E-state index contributed by atoms with van der Waals surface area (Å²) in [6.45, 7) is 6.18. The Morgan fingerprint density at radius 2 is 1.81 bits per heavy atom. The molecule has 2 rings (SSSR count). The quantitative estimate of drug-likeness (QED) is 0.362. The Balaban J connectivity index is 2.22. The first kappa shape index (κ1) is 24.3. The van der Waals surface area contributed by atoms with Gasteiger partial charge in [0.1, 0.15) is 5.75 Å². The molecular formula is C25H33NO5. The Morgan fingerprint density at radius 1 is 1.06 bits per heavy atom. The molecule has 0 aliphatic heterocycles. The Labute approximate surface area is 184 Å². The van der Waals surface area contributed by atoms with Crippen molar-refractivity contribution in [1.82, 2.24) is 4.98 Å². The number of methoxy groups -OCH3 is 2. The van der Waals surface area contributed by atoms with Crippen LogP contribution in [-0.2, 0) is 11.2 Å². The van der Waals surface area contributed by atoms with Crippen molar-refractivity contribution in [3.05, 3.63) is 52.4 Å². The van der Waals surface area contributed by atoms with Crippen molar-refractivity contribution in [3.8, 4) is 17.2 Å². The third-order valence-corrected chi connectivity index (χ3v) is 5.30. The zero-order valence-electron chi connectivity index (χ0n) is 19.2. The van der Waals surface area contributed by atoms with Crippen molar-refractivity contribution in [2.75, 3.05) is 20.8 Å². The monoisotopic (exact) mass is 427 g/mol. The lowest BCUT2D eigenvalue weighted by Gasteiger charge is -2.20. The molecule has 1 N–H and O–H groups in total. The molecule has 0 unspecified atom stereocenters. The highest BCUT2D eigenvalue weighted by molar-refractivity contribution is 5.93. The molecule has 0 fully saturated rings. The molecule has 2 aromatic rings. The smallest absolute Gasteiger partial charge is 0.331 e. The summed E-state index contributed by atoms with van der Waals surface area (Å²) in [6, 6.07) is 4.00. The third kappa shape index (κ3) is 6.23. The van der Waals surface area contributed by atoms with Crippen molar-refractivity contribution < 1.29 is 24.1 Å². The number of unbranched alkanes of at least 4 members (excludes halogenated alkanes) is 2. The van der Waals surface area contributed by atoms with Gasteiger partial charge in [-0.1, -0.05) is 12.5 Å². The second kappa shape index (κ2) is 12.0. The second-order valence-corrected chi connectivity index (χ2v) is 7.39. The Morgan fingerprint density at radius 3 is 2.39 bits per heavy atom. The maximum atomic E-state index is 11.9. The first-order valence-electron chi connectivity index (χ1n) is 10.6. The van der Waals surface area contributed by atoms with Gasteiger partial charge in [-0.25, -0.2) is 4.79 Å². The molecule has 1 heterocycles. The van der Waals surface area contributed by atoms with Crippen LogP contribution in [0.1, 0.15) is 54.9 Å². The van der Waals surface area contributed by atoms with Gasteiger partial charge in [0.15, 0.2) is 11.5 Å². The lowest BCUT2D eigenvalue weighted by Crippen LogP contribution is -2.06. The van der Waals surface area contributed by atoms with Gasteiger partial charge in [0.2, 0.25) is 0 Å². The molecule has 0 radical (unpaired) electrons. The summed E-state index contributed by atoms with van der Waals surface area (Å²) in [6.07, 6.45) is 9.52. The number of hydrogen-bond acceptors (Lipinski definition) is 5. The molecule has 0 aliphatic rings. The standard InChI is InChI=1S/C25H33NO5/c1-6-31-24-18(3)22(29-4)21(17(2)23(24)30-5)15-20(25(27)28)13-9-7-8-11-19-12-10-14-26-16-19/h10,12,14-16H,6-9,11,13H2,1-5H3,(H,27,28)/b20-15+. The first-order valence-corrected chi connectivity index (χ1v) is 10.6. The van der Waals surface area contributed by atoms with Gasteiger partial charge >= 0.3 is 5.97 Å². The molecule has 6 heteroatoms. The number of benzene rings is 1. The SMILES string of the molecule is CCOc1c(C)c(OC)c(/C=C(\CCCCCc2cccnc2)C(=O)O)c(C)c1OC. The van der Waals surface area contributed by atoms with E-state index in [1.54, 1.807) is 26.5 Å². The van der Waals surface area contributed by atoms with Crippen LogP contribution in [0.2, 0.25) is 0 Å². The lowest BCUT2D eigenvalue weighted by molar-refractivity contribution is -0.132. The van der Waals surface area contributed by atoms with Gasteiger partial charge in [0.05, 0.1) is 20.8 Å². The van der Waals surface area contributed by atoms with E-state index >= 15 is 0 Å². The van der Waals surface area contributed by atoms with Gasteiger partial charge in [-0.3, -0.25) is 4.98 Å². The Hall–Kier alpha value is -3.02. The number of nitrogens with zero attached hydrogens (tertiary/aromatic N) is 1. The summed E-state index contributed by atoms with van der Waals surface area (Å²) in [5.41, 5.74) is 3.86. The number of aliphatic carboxylic acids is 1. The maximum absolute atomic E-state index is 11.9. The normalized spacial score (nSPS) is 11.3. The fraction of sp³-hybridized carbons (Fsp3) is 0.440. The number of ether oxygens (including phenoxy) is 3. The van der Waals surface area contributed by atoms with E-state index in [4.69, 9.17) is 14.2 Å². The van der Waals surface area contributed by atoms with E-state index in [2.05, 4.69) is 11.1 Å². The van der Waals surface area contributed by atoms with E-state index in [1.807, 2.05) is 33.0 Å². The fourth-order valence-corrected chi connectivity index (χ4v) is 3.72. The Kier molecular flexibility index (Phi) is 9.38. The van der Waals surface area contributed by atoms with E-state index in [0.29, 0.717) is 41.4 Å². The number of pyridine rings is 1. The number of rotatable bonds is 12. The molecule has 0 spiro atoms. The molecule has 0 saturated heterocycles. The average Bonchev–Trinajstić information content (AvgIpc) is 2.76. The number of carboxylic acids is 1. The molecule has 6 nitrogen and oxygen atoms in total. The minimum Gasteiger partial charge on any atom is -0.496 e. The van der Waals surface area contributed by atoms with Gasteiger partial charge < -0.3 is 19.3 Å². The van der Waals surface area contributed by atoms with Crippen LogP contribution < -0.4 is 14.2 Å². The van der Waals surface area contributed by atoms with Crippen molar-refractivity contribution in [3.63, 3.8) is 0 Å². The molecular weight excluding hydrogens is 394 g/mol.